The molecule has 1 atom stereocenters. The molecule has 1 heterocycles. The number of likely N-dealkylation sites (tertiary alicyclic amines) is 1. The highest BCUT2D eigenvalue weighted by Crippen LogP contribution is 2.11. The third-order valence-electron chi connectivity index (χ3n) is 1.54. The van der Waals surface area contributed by atoms with Gasteiger partial charge in [-0.15, -0.1) is 0 Å². The van der Waals surface area contributed by atoms with Gasteiger partial charge in [0.15, 0.2) is 0 Å². The lowest BCUT2D eigenvalue weighted by Crippen LogP contribution is -2.39. The molecule has 0 bridgehead atoms. The Kier molecular flexibility index (Phi) is 1.57. The van der Waals surface area contributed by atoms with E-state index in [1.54, 1.807) is 0 Å². The molecule has 1 fully saturated rings. The fourth-order valence-electron chi connectivity index (χ4n) is 1.03. The fourth-order valence-corrected chi connectivity index (χ4v) is 1.03. The summed E-state index contributed by atoms with van der Waals surface area (Å²) in [4.78, 5) is 11.5. The maximum absolute atomic E-state index is 10.3. The van der Waals surface area contributed by atoms with Crippen LogP contribution in [0.2, 0.25) is 0 Å². The van der Waals surface area contributed by atoms with Crippen LogP contribution in [0.15, 0.2) is 0 Å². The van der Waals surface area contributed by atoms with Gasteiger partial charge in [-0.05, 0) is 12.8 Å². The van der Waals surface area contributed by atoms with E-state index in [2.05, 4.69) is 0 Å². The molecule has 1 amide bonds. The van der Waals surface area contributed by atoms with E-state index in [9.17, 15) is 4.79 Å². The molecular formula is C5H10N2O2. The molecule has 1 rings (SSSR count). The van der Waals surface area contributed by atoms with E-state index in [0.29, 0.717) is 6.54 Å². The first kappa shape index (κ1) is 6.35. The molecule has 1 aliphatic heterocycles. The van der Waals surface area contributed by atoms with Crippen LogP contribution in [0, 0.1) is 0 Å². The molecule has 0 aromatic carbocycles. The first-order chi connectivity index (χ1) is 4.22. The SMILES string of the molecule is NC1CCCN1C(=O)O. The van der Waals surface area contributed by atoms with E-state index in [-0.39, 0.29) is 6.17 Å². The van der Waals surface area contributed by atoms with Crippen molar-refractivity contribution >= 4 is 6.09 Å². The van der Waals surface area contributed by atoms with Gasteiger partial charge in [-0.1, -0.05) is 0 Å². The summed E-state index contributed by atoms with van der Waals surface area (Å²) in [5, 5.41) is 8.43. The number of carbonyl (C=O) groups is 1. The summed E-state index contributed by atoms with van der Waals surface area (Å²) in [5.41, 5.74) is 5.43. The van der Waals surface area contributed by atoms with Crippen LogP contribution in [-0.4, -0.2) is 28.8 Å². The van der Waals surface area contributed by atoms with Crippen LogP contribution in [0.1, 0.15) is 12.8 Å². The zero-order valence-electron chi connectivity index (χ0n) is 5.08. The third kappa shape index (κ3) is 1.13. The van der Waals surface area contributed by atoms with Crippen LogP contribution in [-0.2, 0) is 0 Å². The lowest BCUT2D eigenvalue weighted by atomic mass is 10.3. The van der Waals surface area contributed by atoms with Crippen molar-refractivity contribution in [3.63, 3.8) is 0 Å². The van der Waals surface area contributed by atoms with E-state index in [4.69, 9.17) is 10.8 Å². The Hall–Kier alpha value is -0.770. The minimum Gasteiger partial charge on any atom is -0.465 e. The predicted octanol–water partition coefficient (Wildman–Crippen LogP) is 0.0450. The Morgan fingerprint density at radius 3 is 2.67 bits per heavy atom. The smallest absolute Gasteiger partial charge is 0.408 e. The number of nitrogens with zero attached hydrogens (tertiary/aromatic N) is 1. The Labute approximate surface area is 53.2 Å². The zero-order chi connectivity index (χ0) is 6.85. The van der Waals surface area contributed by atoms with E-state index >= 15 is 0 Å². The number of hydrogen-bond acceptors (Lipinski definition) is 2. The number of rotatable bonds is 0. The van der Waals surface area contributed by atoms with Crippen molar-refractivity contribution in [2.75, 3.05) is 6.54 Å². The Morgan fingerprint density at radius 2 is 2.44 bits per heavy atom. The van der Waals surface area contributed by atoms with Crippen molar-refractivity contribution < 1.29 is 9.90 Å². The lowest BCUT2D eigenvalue weighted by Gasteiger charge is -2.15. The molecule has 0 spiro atoms. The Bertz CT molecular complexity index is 126. The van der Waals surface area contributed by atoms with Crippen molar-refractivity contribution in [3.05, 3.63) is 0 Å². The first-order valence-corrected chi connectivity index (χ1v) is 2.97. The molecule has 52 valence electrons. The molecule has 0 radical (unpaired) electrons. The van der Waals surface area contributed by atoms with Gasteiger partial charge in [-0.2, -0.15) is 0 Å². The molecular weight excluding hydrogens is 120 g/mol. The maximum Gasteiger partial charge on any atom is 0.408 e. The second kappa shape index (κ2) is 2.23. The molecule has 4 heteroatoms. The van der Waals surface area contributed by atoms with Gasteiger partial charge in [0.2, 0.25) is 0 Å². The van der Waals surface area contributed by atoms with Gasteiger partial charge in [0.25, 0.3) is 0 Å². The highest BCUT2D eigenvalue weighted by atomic mass is 16.4. The molecule has 4 nitrogen and oxygen atoms in total. The summed E-state index contributed by atoms with van der Waals surface area (Å²) in [6, 6.07) is 0. The second-order valence-corrected chi connectivity index (χ2v) is 2.19. The highest BCUT2D eigenvalue weighted by molar-refractivity contribution is 5.65. The molecule has 3 N–H and O–H groups in total. The standard InChI is InChI=1S/C5H10N2O2/c6-4-2-1-3-7(4)5(8)9/h4H,1-3,6H2,(H,8,9). The van der Waals surface area contributed by atoms with Crippen LogP contribution in [0.3, 0.4) is 0 Å². The lowest BCUT2D eigenvalue weighted by molar-refractivity contribution is 0.141. The maximum atomic E-state index is 10.3. The molecule has 9 heavy (non-hydrogen) atoms. The van der Waals surface area contributed by atoms with E-state index in [1.807, 2.05) is 0 Å². The number of hydrogen-bond donors (Lipinski definition) is 2. The van der Waals surface area contributed by atoms with Crippen molar-refractivity contribution in [1.82, 2.24) is 4.90 Å². The van der Waals surface area contributed by atoms with Crippen LogP contribution < -0.4 is 5.73 Å². The summed E-state index contributed by atoms with van der Waals surface area (Å²) in [5.74, 6) is 0. The average Bonchev–Trinajstić information content (AvgIpc) is 2.13. The van der Waals surface area contributed by atoms with Crippen molar-refractivity contribution in [2.24, 2.45) is 5.73 Å². The second-order valence-electron chi connectivity index (χ2n) is 2.19. The van der Waals surface area contributed by atoms with E-state index in [1.165, 1.54) is 4.90 Å². The van der Waals surface area contributed by atoms with E-state index < -0.39 is 6.09 Å². The summed E-state index contributed by atoms with van der Waals surface area (Å²) in [7, 11) is 0. The molecule has 1 aliphatic rings. The van der Waals surface area contributed by atoms with Crippen LogP contribution >= 0.6 is 0 Å². The first-order valence-electron chi connectivity index (χ1n) is 2.97. The number of nitrogens with two attached hydrogens (primary N) is 1. The van der Waals surface area contributed by atoms with Gasteiger partial charge in [0.05, 0.1) is 6.17 Å². The topological polar surface area (TPSA) is 66.6 Å². The van der Waals surface area contributed by atoms with Gasteiger partial charge in [-0.3, -0.25) is 4.90 Å². The molecule has 1 unspecified atom stereocenters. The molecule has 1 saturated heterocycles. The largest absolute Gasteiger partial charge is 0.465 e. The monoisotopic (exact) mass is 130 g/mol. The summed E-state index contributed by atoms with van der Waals surface area (Å²) in [6.07, 6.45) is 0.530. The van der Waals surface area contributed by atoms with Crippen LogP contribution in [0.25, 0.3) is 0 Å². The van der Waals surface area contributed by atoms with Gasteiger partial charge in [0.1, 0.15) is 0 Å². The van der Waals surface area contributed by atoms with Crippen molar-refractivity contribution in [1.29, 1.82) is 0 Å². The quantitative estimate of drug-likeness (QED) is 0.486. The molecule has 0 aromatic heterocycles. The van der Waals surface area contributed by atoms with Crippen molar-refractivity contribution in [2.45, 2.75) is 19.0 Å². The predicted molar refractivity (Wildman–Crippen MR) is 31.9 cm³/mol. The van der Waals surface area contributed by atoms with Gasteiger partial charge in [-0.25, -0.2) is 4.79 Å². The summed E-state index contributed by atoms with van der Waals surface area (Å²) < 4.78 is 0. The molecule has 0 saturated carbocycles. The van der Waals surface area contributed by atoms with Gasteiger partial charge < -0.3 is 10.8 Å². The van der Waals surface area contributed by atoms with E-state index in [0.717, 1.165) is 12.8 Å². The van der Waals surface area contributed by atoms with Crippen LogP contribution in [0.5, 0.6) is 0 Å². The number of amides is 1. The minimum atomic E-state index is -0.903. The van der Waals surface area contributed by atoms with Crippen LogP contribution in [0.4, 0.5) is 4.79 Å². The van der Waals surface area contributed by atoms with Crippen molar-refractivity contribution in [3.8, 4) is 0 Å². The Balaban J connectivity index is 2.49. The Morgan fingerprint density at radius 1 is 1.78 bits per heavy atom. The highest BCUT2D eigenvalue weighted by Gasteiger charge is 2.24. The van der Waals surface area contributed by atoms with Gasteiger partial charge >= 0.3 is 6.09 Å². The summed E-state index contributed by atoms with van der Waals surface area (Å²) in [6.45, 7) is 0.594. The fraction of sp³-hybridized carbons (Fsp3) is 0.800. The average molecular weight is 130 g/mol. The summed E-state index contributed by atoms with van der Waals surface area (Å²) >= 11 is 0. The minimum absolute atomic E-state index is 0.262. The normalized spacial score (nSPS) is 26.8. The number of carboxylic acid groups (broad SMARTS) is 1. The third-order valence-corrected chi connectivity index (χ3v) is 1.54. The zero-order valence-corrected chi connectivity index (χ0v) is 5.08. The molecule has 0 aliphatic carbocycles. The van der Waals surface area contributed by atoms with Gasteiger partial charge in [0, 0.05) is 6.54 Å². The molecule has 0 aromatic rings.